The van der Waals surface area contributed by atoms with Crippen molar-refractivity contribution in [2.45, 2.75) is 38.6 Å². The second kappa shape index (κ2) is 3.98. The molecule has 2 aromatic rings. The van der Waals surface area contributed by atoms with Crippen molar-refractivity contribution in [3.63, 3.8) is 0 Å². The summed E-state index contributed by atoms with van der Waals surface area (Å²) in [6.07, 6.45) is 6.73. The zero-order chi connectivity index (χ0) is 11.8. The molecule has 0 aromatic carbocycles. The van der Waals surface area contributed by atoms with Crippen LogP contribution in [0.2, 0.25) is 0 Å². The first-order chi connectivity index (χ1) is 8.25. The molecule has 1 aliphatic rings. The number of aryl methyl sites for hydroxylation is 2. The predicted octanol–water partition coefficient (Wildman–Crippen LogP) is 2.03. The van der Waals surface area contributed by atoms with E-state index in [4.69, 9.17) is 0 Å². The highest BCUT2D eigenvalue weighted by Crippen LogP contribution is 2.26. The smallest absolute Gasteiger partial charge is 0.163 e. The Morgan fingerprint density at radius 3 is 2.82 bits per heavy atom. The molecule has 3 rings (SSSR count). The molecule has 2 heterocycles. The lowest BCUT2D eigenvalue weighted by atomic mass is 10.2. The first kappa shape index (κ1) is 10.5. The number of nitrogens with one attached hydrogen (secondary N) is 1. The van der Waals surface area contributed by atoms with Crippen LogP contribution in [0.3, 0.4) is 0 Å². The zero-order valence-electron chi connectivity index (χ0n) is 10.3. The minimum atomic E-state index is 0.563. The van der Waals surface area contributed by atoms with Crippen molar-refractivity contribution in [3.8, 4) is 0 Å². The first-order valence-corrected chi connectivity index (χ1v) is 6.16. The quantitative estimate of drug-likeness (QED) is 0.859. The van der Waals surface area contributed by atoms with Crippen molar-refractivity contribution >= 4 is 16.9 Å². The molecule has 5 nitrogen and oxygen atoms in total. The van der Waals surface area contributed by atoms with E-state index in [0.29, 0.717) is 6.04 Å². The molecule has 0 bridgehead atoms. The van der Waals surface area contributed by atoms with Gasteiger partial charge in [0, 0.05) is 13.1 Å². The topological polar surface area (TPSA) is 55.6 Å². The van der Waals surface area contributed by atoms with Gasteiger partial charge in [0.05, 0.1) is 11.1 Å². The van der Waals surface area contributed by atoms with Crippen LogP contribution in [0.1, 0.15) is 31.4 Å². The third kappa shape index (κ3) is 1.75. The highest BCUT2D eigenvalue weighted by Gasteiger charge is 2.18. The Morgan fingerprint density at radius 2 is 2.06 bits per heavy atom. The average Bonchev–Trinajstić information content (AvgIpc) is 2.90. The molecule has 1 saturated carbocycles. The van der Waals surface area contributed by atoms with Gasteiger partial charge >= 0.3 is 0 Å². The van der Waals surface area contributed by atoms with Crippen LogP contribution in [-0.2, 0) is 7.05 Å². The van der Waals surface area contributed by atoms with Crippen LogP contribution in [0.15, 0.2) is 6.33 Å². The van der Waals surface area contributed by atoms with Gasteiger partial charge in [-0.05, 0) is 19.8 Å². The maximum Gasteiger partial charge on any atom is 0.163 e. The maximum absolute atomic E-state index is 4.40. The SMILES string of the molecule is Cc1nn(C)c2ncnc(NC3CCCC3)c12. The molecule has 0 spiro atoms. The van der Waals surface area contributed by atoms with Crippen LogP contribution in [-0.4, -0.2) is 25.8 Å². The van der Waals surface area contributed by atoms with Gasteiger partial charge in [0.2, 0.25) is 0 Å². The highest BCUT2D eigenvalue weighted by molar-refractivity contribution is 5.89. The van der Waals surface area contributed by atoms with E-state index in [2.05, 4.69) is 20.4 Å². The number of nitrogens with zero attached hydrogens (tertiary/aromatic N) is 4. The molecule has 17 heavy (non-hydrogen) atoms. The molecule has 0 saturated heterocycles. The molecule has 1 aliphatic carbocycles. The average molecular weight is 231 g/mol. The molecule has 0 amide bonds. The van der Waals surface area contributed by atoms with Gasteiger partial charge in [-0.25, -0.2) is 9.97 Å². The largest absolute Gasteiger partial charge is 0.367 e. The van der Waals surface area contributed by atoms with Crippen molar-refractivity contribution in [3.05, 3.63) is 12.0 Å². The lowest BCUT2D eigenvalue weighted by Gasteiger charge is -2.13. The van der Waals surface area contributed by atoms with E-state index in [1.807, 2.05) is 18.7 Å². The predicted molar refractivity (Wildman–Crippen MR) is 66.9 cm³/mol. The Bertz CT molecular complexity index is 539. The van der Waals surface area contributed by atoms with E-state index >= 15 is 0 Å². The van der Waals surface area contributed by atoms with Gasteiger partial charge in [-0.3, -0.25) is 4.68 Å². The second-order valence-corrected chi connectivity index (χ2v) is 4.76. The van der Waals surface area contributed by atoms with Crippen LogP contribution in [0.25, 0.3) is 11.0 Å². The summed E-state index contributed by atoms with van der Waals surface area (Å²) in [6, 6.07) is 0.563. The van der Waals surface area contributed by atoms with E-state index in [0.717, 1.165) is 22.5 Å². The summed E-state index contributed by atoms with van der Waals surface area (Å²) in [4.78, 5) is 8.66. The van der Waals surface area contributed by atoms with Gasteiger partial charge in [0.1, 0.15) is 12.1 Å². The molecular weight excluding hydrogens is 214 g/mol. The van der Waals surface area contributed by atoms with E-state index in [1.54, 1.807) is 6.33 Å². The fraction of sp³-hybridized carbons (Fsp3) is 0.583. The van der Waals surface area contributed by atoms with Crippen molar-refractivity contribution in [2.24, 2.45) is 7.05 Å². The van der Waals surface area contributed by atoms with E-state index < -0.39 is 0 Å². The number of fused-ring (bicyclic) bond motifs is 1. The number of aromatic nitrogens is 4. The Kier molecular flexibility index (Phi) is 2.46. The molecule has 2 aromatic heterocycles. The van der Waals surface area contributed by atoms with Crippen LogP contribution in [0, 0.1) is 6.92 Å². The first-order valence-electron chi connectivity index (χ1n) is 6.16. The van der Waals surface area contributed by atoms with Crippen molar-refractivity contribution in [1.82, 2.24) is 19.7 Å². The highest BCUT2D eigenvalue weighted by atomic mass is 15.3. The molecule has 0 radical (unpaired) electrons. The fourth-order valence-electron chi connectivity index (χ4n) is 2.65. The third-order valence-corrected chi connectivity index (χ3v) is 3.49. The number of anilines is 1. The molecule has 90 valence electrons. The lowest BCUT2D eigenvalue weighted by Crippen LogP contribution is -2.15. The Hall–Kier alpha value is -1.65. The summed E-state index contributed by atoms with van der Waals surface area (Å²) in [5.74, 6) is 0.938. The van der Waals surface area contributed by atoms with Gasteiger partial charge in [0.25, 0.3) is 0 Å². The standard InChI is InChI=1S/C12H17N5/c1-8-10-11(15-9-5-3-4-6-9)13-7-14-12(10)17(2)16-8/h7,9H,3-6H2,1-2H3,(H,13,14,15). The third-order valence-electron chi connectivity index (χ3n) is 3.49. The summed E-state index contributed by atoms with van der Waals surface area (Å²) in [7, 11) is 1.92. The normalized spacial score (nSPS) is 16.8. The minimum Gasteiger partial charge on any atom is -0.367 e. The van der Waals surface area contributed by atoms with Crippen LogP contribution in [0.5, 0.6) is 0 Å². The molecule has 5 heteroatoms. The summed E-state index contributed by atoms with van der Waals surface area (Å²) >= 11 is 0. The Labute approximate surface area is 100 Å². The molecule has 0 atom stereocenters. The van der Waals surface area contributed by atoms with Crippen LogP contribution >= 0.6 is 0 Å². The molecule has 0 unspecified atom stereocenters. The van der Waals surface area contributed by atoms with Gasteiger partial charge in [0.15, 0.2) is 5.65 Å². The van der Waals surface area contributed by atoms with Gasteiger partial charge in [-0.1, -0.05) is 12.8 Å². The Morgan fingerprint density at radius 1 is 1.29 bits per heavy atom. The van der Waals surface area contributed by atoms with Gasteiger partial charge in [-0.15, -0.1) is 0 Å². The summed E-state index contributed by atoms with van der Waals surface area (Å²) in [5, 5.41) is 8.99. The summed E-state index contributed by atoms with van der Waals surface area (Å²) < 4.78 is 1.81. The monoisotopic (exact) mass is 231 g/mol. The van der Waals surface area contributed by atoms with Crippen molar-refractivity contribution < 1.29 is 0 Å². The Balaban J connectivity index is 2.03. The number of rotatable bonds is 2. The summed E-state index contributed by atoms with van der Waals surface area (Å²) in [6.45, 7) is 2.01. The molecule has 1 N–H and O–H groups in total. The van der Waals surface area contributed by atoms with Crippen LogP contribution in [0.4, 0.5) is 5.82 Å². The second-order valence-electron chi connectivity index (χ2n) is 4.76. The van der Waals surface area contributed by atoms with E-state index in [1.165, 1.54) is 25.7 Å². The number of hydrogen-bond donors (Lipinski definition) is 1. The van der Waals surface area contributed by atoms with Crippen molar-refractivity contribution in [2.75, 3.05) is 5.32 Å². The van der Waals surface area contributed by atoms with Gasteiger partial charge < -0.3 is 5.32 Å². The van der Waals surface area contributed by atoms with Crippen molar-refractivity contribution in [1.29, 1.82) is 0 Å². The maximum atomic E-state index is 4.40. The van der Waals surface area contributed by atoms with Crippen LogP contribution < -0.4 is 5.32 Å². The summed E-state index contributed by atoms with van der Waals surface area (Å²) in [5.41, 5.74) is 1.89. The zero-order valence-corrected chi connectivity index (χ0v) is 10.3. The van der Waals surface area contributed by atoms with E-state index in [9.17, 15) is 0 Å². The lowest BCUT2D eigenvalue weighted by molar-refractivity contribution is 0.751. The van der Waals surface area contributed by atoms with E-state index in [-0.39, 0.29) is 0 Å². The molecule has 1 fully saturated rings. The fourth-order valence-corrected chi connectivity index (χ4v) is 2.65. The molecule has 0 aliphatic heterocycles. The minimum absolute atomic E-state index is 0.563. The molecular formula is C12H17N5. The number of hydrogen-bond acceptors (Lipinski definition) is 4. The van der Waals surface area contributed by atoms with Gasteiger partial charge in [-0.2, -0.15) is 5.10 Å².